The van der Waals surface area contributed by atoms with Gasteiger partial charge in [-0.2, -0.15) is 0 Å². The fourth-order valence-corrected chi connectivity index (χ4v) is 4.90. The monoisotopic (exact) mass is 465 g/mol. The van der Waals surface area contributed by atoms with Crippen molar-refractivity contribution < 1.29 is 33.3 Å². The van der Waals surface area contributed by atoms with E-state index in [1.54, 1.807) is 52.0 Å². The highest BCUT2D eigenvalue weighted by atomic mass is 32.1. The topological polar surface area (TPSA) is 85.3 Å². The van der Waals surface area contributed by atoms with E-state index < -0.39 is 23.5 Å². The molecule has 0 radical (unpaired) electrons. The van der Waals surface area contributed by atoms with Crippen LogP contribution in [-0.2, 0) is 24.1 Å². The van der Waals surface area contributed by atoms with Crippen LogP contribution in [0.5, 0.6) is 11.5 Å². The van der Waals surface area contributed by atoms with E-state index in [-0.39, 0.29) is 17.5 Å². The number of amides is 1. The summed E-state index contributed by atoms with van der Waals surface area (Å²) in [6, 6.07) is 5.09. The van der Waals surface area contributed by atoms with Crippen molar-refractivity contribution in [1.82, 2.24) is 4.90 Å². The molecule has 0 fully saturated rings. The largest absolute Gasteiger partial charge is 0.497 e. The van der Waals surface area contributed by atoms with Gasteiger partial charge in [0.1, 0.15) is 22.0 Å². The number of benzene rings is 1. The number of carboxylic acids is 1. The molecule has 0 spiro atoms. The van der Waals surface area contributed by atoms with Gasteiger partial charge >= 0.3 is 12.1 Å². The molecule has 1 aromatic carbocycles. The Labute approximate surface area is 190 Å². The second-order valence-electron chi connectivity index (χ2n) is 8.63. The fraction of sp³-hybridized carbons (Fsp3) is 0.478. The number of nitrogens with zero attached hydrogens (tertiary/aromatic N) is 1. The first-order valence-corrected chi connectivity index (χ1v) is 11.1. The van der Waals surface area contributed by atoms with E-state index >= 15 is 0 Å². The van der Waals surface area contributed by atoms with Gasteiger partial charge in [0.2, 0.25) is 0 Å². The molecule has 1 heterocycles. The minimum Gasteiger partial charge on any atom is -0.497 e. The van der Waals surface area contributed by atoms with Crippen molar-refractivity contribution in [2.24, 2.45) is 0 Å². The van der Waals surface area contributed by atoms with Gasteiger partial charge in [-0.25, -0.2) is 14.0 Å². The maximum atomic E-state index is 14.5. The Balaban J connectivity index is 1.93. The molecule has 3 rings (SSSR count). The second-order valence-corrected chi connectivity index (χ2v) is 9.74. The van der Waals surface area contributed by atoms with Crippen molar-refractivity contribution in [3.05, 3.63) is 44.9 Å². The standard InChI is InChI=1S/C23H28FNO6S/c1-23(2,3)31-22(28)25(12-13-6-8-15(29-4)11-17(13)30-5)14-7-9-16-18(10-14)32-20(19(16)24)21(26)27/h6,8,11,14H,7,9-10,12H2,1-5H3,(H,26,27). The number of halogens is 1. The molecule has 1 aromatic heterocycles. The third-order valence-electron chi connectivity index (χ3n) is 5.27. The lowest BCUT2D eigenvalue weighted by molar-refractivity contribution is 0.0124. The second kappa shape index (κ2) is 9.36. The summed E-state index contributed by atoms with van der Waals surface area (Å²) < 4.78 is 30.9. The van der Waals surface area contributed by atoms with E-state index in [0.717, 1.165) is 16.9 Å². The lowest BCUT2D eigenvalue weighted by atomic mass is 9.92. The summed E-state index contributed by atoms with van der Waals surface area (Å²) in [5, 5.41) is 9.26. The van der Waals surface area contributed by atoms with Crippen LogP contribution in [-0.4, -0.2) is 47.9 Å². The number of methoxy groups -OCH3 is 2. The molecule has 1 amide bonds. The van der Waals surface area contributed by atoms with E-state index in [2.05, 4.69) is 0 Å². The number of fused-ring (bicyclic) bond motifs is 1. The van der Waals surface area contributed by atoms with Gasteiger partial charge in [0, 0.05) is 34.5 Å². The first-order valence-electron chi connectivity index (χ1n) is 10.3. The molecule has 174 valence electrons. The van der Waals surface area contributed by atoms with Gasteiger partial charge in [0.15, 0.2) is 5.82 Å². The van der Waals surface area contributed by atoms with Crippen LogP contribution in [0.15, 0.2) is 18.2 Å². The Kier molecular flexibility index (Phi) is 6.97. The van der Waals surface area contributed by atoms with Crippen LogP contribution in [0.3, 0.4) is 0 Å². The summed E-state index contributed by atoms with van der Waals surface area (Å²) in [6.45, 7) is 5.61. The Morgan fingerprint density at radius 2 is 1.97 bits per heavy atom. The first-order chi connectivity index (χ1) is 15.0. The van der Waals surface area contributed by atoms with Crippen LogP contribution in [0.1, 0.15) is 52.9 Å². The zero-order chi connectivity index (χ0) is 23.6. The number of ether oxygens (including phenoxy) is 3. The molecule has 0 aliphatic heterocycles. The first kappa shape index (κ1) is 23.8. The quantitative estimate of drug-likeness (QED) is 0.653. The third kappa shape index (κ3) is 5.15. The van der Waals surface area contributed by atoms with E-state index in [4.69, 9.17) is 14.2 Å². The molecule has 1 aliphatic rings. The molecule has 0 bridgehead atoms. The van der Waals surface area contributed by atoms with Crippen LogP contribution in [0.4, 0.5) is 9.18 Å². The van der Waals surface area contributed by atoms with Gasteiger partial charge < -0.3 is 24.2 Å². The Morgan fingerprint density at radius 1 is 1.25 bits per heavy atom. The van der Waals surface area contributed by atoms with Crippen LogP contribution in [0.2, 0.25) is 0 Å². The lowest BCUT2D eigenvalue weighted by Crippen LogP contribution is -2.45. The highest BCUT2D eigenvalue weighted by Crippen LogP contribution is 2.36. The lowest BCUT2D eigenvalue weighted by Gasteiger charge is -2.35. The minimum atomic E-state index is -1.27. The molecule has 7 nitrogen and oxygen atoms in total. The third-order valence-corrected chi connectivity index (χ3v) is 6.49. The Morgan fingerprint density at radius 3 is 2.56 bits per heavy atom. The zero-order valence-corrected chi connectivity index (χ0v) is 19.7. The minimum absolute atomic E-state index is 0.224. The van der Waals surface area contributed by atoms with Gasteiger partial charge in [-0.1, -0.05) is 0 Å². The highest BCUT2D eigenvalue weighted by Gasteiger charge is 2.35. The average Bonchev–Trinajstić information content (AvgIpc) is 3.06. The summed E-state index contributed by atoms with van der Waals surface area (Å²) in [6.07, 6.45) is 0.730. The van der Waals surface area contributed by atoms with E-state index in [0.29, 0.717) is 41.2 Å². The predicted molar refractivity (Wildman–Crippen MR) is 118 cm³/mol. The molecular weight excluding hydrogens is 437 g/mol. The van der Waals surface area contributed by atoms with Crippen molar-refractivity contribution in [3.63, 3.8) is 0 Å². The number of thiophene rings is 1. The number of hydrogen-bond donors (Lipinski definition) is 1. The van der Waals surface area contributed by atoms with Crippen LogP contribution in [0.25, 0.3) is 0 Å². The SMILES string of the molecule is COc1ccc(CN(C(=O)OC(C)(C)C)C2CCc3c(sc(C(=O)O)c3F)C2)c(OC)c1. The van der Waals surface area contributed by atoms with Gasteiger partial charge in [-0.15, -0.1) is 11.3 Å². The van der Waals surface area contributed by atoms with E-state index in [9.17, 15) is 19.1 Å². The van der Waals surface area contributed by atoms with Crippen molar-refractivity contribution >= 4 is 23.4 Å². The van der Waals surface area contributed by atoms with Gasteiger partial charge in [0.05, 0.1) is 20.8 Å². The number of aromatic carboxylic acids is 1. The number of hydrogen-bond acceptors (Lipinski definition) is 6. The fourth-order valence-electron chi connectivity index (χ4n) is 3.76. The van der Waals surface area contributed by atoms with Crippen molar-refractivity contribution in [2.75, 3.05) is 14.2 Å². The number of rotatable bonds is 6. The summed E-state index contributed by atoms with van der Waals surface area (Å²) in [4.78, 5) is 26.5. The normalized spacial score (nSPS) is 15.6. The predicted octanol–water partition coefficient (Wildman–Crippen LogP) is 4.90. The van der Waals surface area contributed by atoms with Crippen LogP contribution in [0, 0.1) is 5.82 Å². The molecule has 9 heteroatoms. The molecule has 1 atom stereocenters. The van der Waals surface area contributed by atoms with Gasteiger partial charge in [-0.3, -0.25) is 0 Å². The Hall–Kier alpha value is -2.81. The molecule has 1 aliphatic carbocycles. The smallest absolute Gasteiger partial charge is 0.410 e. The van der Waals surface area contributed by atoms with Crippen molar-refractivity contribution in [2.45, 2.75) is 58.2 Å². The van der Waals surface area contributed by atoms with Gasteiger partial charge in [-0.05, 0) is 45.7 Å². The van der Waals surface area contributed by atoms with Crippen LogP contribution >= 0.6 is 11.3 Å². The summed E-state index contributed by atoms with van der Waals surface area (Å²) in [7, 11) is 3.11. The van der Waals surface area contributed by atoms with Crippen molar-refractivity contribution in [1.29, 1.82) is 0 Å². The number of carbonyl (C=O) groups is 2. The van der Waals surface area contributed by atoms with E-state index in [1.165, 1.54) is 0 Å². The average molecular weight is 466 g/mol. The molecular formula is C23H28FNO6S. The molecule has 0 saturated heterocycles. The zero-order valence-electron chi connectivity index (χ0n) is 18.9. The summed E-state index contributed by atoms with van der Waals surface area (Å²) in [5.74, 6) is -0.723. The van der Waals surface area contributed by atoms with Crippen molar-refractivity contribution in [3.8, 4) is 11.5 Å². The molecule has 1 N–H and O–H groups in total. The van der Waals surface area contributed by atoms with E-state index in [1.807, 2.05) is 6.07 Å². The number of carboxylic acid groups (broad SMARTS) is 1. The highest BCUT2D eigenvalue weighted by molar-refractivity contribution is 7.14. The molecule has 2 aromatic rings. The van der Waals surface area contributed by atoms with Crippen LogP contribution < -0.4 is 9.47 Å². The molecule has 1 unspecified atom stereocenters. The summed E-state index contributed by atoms with van der Waals surface area (Å²) >= 11 is 0.940. The molecule has 0 saturated carbocycles. The molecule has 32 heavy (non-hydrogen) atoms. The number of carbonyl (C=O) groups excluding carboxylic acids is 1. The maximum absolute atomic E-state index is 14.5. The summed E-state index contributed by atoms with van der Waals surface area (Å²) in [5.41, 5.74) is 0.522. The maximum Gasteiger partial charge on any atom is 0.410 e. The van der Waals surface area contributed by atoms with Gasteiger partial charge in [0.25, 0.3) is 0 Å². The Bertz CT molecular complexity index is 1010.